The van der Waals surface area contributed by atoms with Crippen LogP contribution in [0.15, 0.2) is 57.4 Å². The fourth-order valence-electron chi connectivity index (χ4n) is 2.70. The van der Waals surface area contributed by atoms with Crippen LogP contribution in [0, 0.1) is 0 Å². The van der Waals surface area contributed by atoms with Crippen molar-refractivity contribution in [2.75, 3.05) is 5.32 Å². The maximum atomic E-state index is 5.81. The Morgan fingerprint density at radius 1 is 0.885 bits per heavy atom. The molecule has 4 aromatic rings. The van der Waals surface area contributed by atoms with Crippen molar-refractivity contribution >= 4 is 16.8 Å². The molecule has 4 rings (SSSR count). The highest BCUT2D eigenvalue weighted by molar-refractivity contribution is 5.77. The highest BCUT2D eigenvalue weighted by atomic mass is 16.4. The maximum Gasteiger partial charge on any atom is 0.247 e. The molecule has 0 fully saturated rings. The van der Waals surface area contributed by atoms with Crippen LogP contribution in [0.5, 0.6) is 0 Å². The third kappa shape index (κ3) is 3.18. The maximum absolute atomic E-state index is 5.81. The third-order valence-electron chi connectivity index (χ3n) is 4.11. The summed E-state index contributed by atoms with van der Waals surface area (Å²) in [4.78, 5) is 4.54. The lowest BCUT2D eigenvalue weighted by Crippen LogP contribution is -2.06. The van der Waals surface area contributed by atoms with Crippen molar-refractivity contribution in [1.29, 1.82) is 0 Å². The number of oxazole rings is 1. The van der Waals surface area contributed by atoms with Crippen LogP contribution in [0.1, 0.15) is 44.5 Å². The molecule has 6 heteroatoms. The molecule has 2 heterocycles. The molecule has 0 amide bonds. The first-order valence-electron chi connectivity index (χ1n) is 8.66. The van der Waals surface area contributed by atoms with E-state index in [1.807, 2.05) is 55.5 Å². The third-order valence-corrected chi connectivity index (χ3v) is 4.11. The topological polar surface area (TPSA) is 77.0 Å². The first kappa shape index (κ1) is 16.3. The van der Waals surface area contributed by atoms with Crippen molar-refractivity contribution < 1.29 is 8.83 Å². The Hall–Kier alpha value is -3.15. The first-order chi connectivity index (χ1) is 12.6. The van der Waals surface area contributed by atoms with Gasteiger partial charge >= 0.3 is 0 Å². The molecule has 0 bridgehead atoms. The molecule has 1 N–H and O–H groups in total. The van der Waals surface area contributed by atoms with Crippen molar-refractivity contribution in [3.63, 3.8) is 0 Å². The van der Waals surface area contributed by atoms with E-state index in [9.17, 15) is 0 Å². The number of nitrogens with one attached hydrogen (secondary N) is 1. The van der Waals surface area contributed by atoms with Gasteiger partial charge in [0.15, 0.2) is 11.5 Å². The van der Waals surface area contributed by atoms with Gasteiger partial charge in [-0.1, -0.05) is 32.0 Å². The zero-order valence-corrected chi connectivity index (χ0v) is 14.9. The minimum atomic E-state index is -0.131. The Bertz CT molecular complexity index is 1020. The number of hydrogen-bond donors (Lipinski definition) is 1. The predicted octanol–water partition coefficient (Wildman–Crippen LogP) is 5.17. The van der Waals surface area contributed by atoms with E-state index in [4.69, 9.17) is 8.83 Å². The Labute approximate surface area is 151 Å². The largest absolute Gasteiger partial charge is 0.440 e. The molecule has 0 aliphatic rings. The number of hydrogen-bond acceptors (Lipinski definition) is 6. The SMILES string of the molecule is CC(C)c1nc2cc(N[C@@H](C)c3nnc(-c4ccccc4)o3)ccc2o1. The summed E-state index contributed by atoms with van der Waals surface area (Å²) in [5.74, 6) is 2.05. The zero-order valence-electron chi connectivity index (χ0n) is 14.9. The van der Waals surface area contributed by atoms with Crippen molar-refractivity contribution in [2.45, 2.75) is 32.7 Å². The van der Waals surface area contributed by atoms with Crippen molar-refractivity contribution in [3.05, 3.63) is 60.3 Å². The van der Waals surface area contributed by atoms with E-state index in [0.29, 0.717) is 11.8 Å². The summed E-state index contributed by atoms with van der Waals surface area (Å²) in [6.07, 6.45) is 0. The van der Waals surface area contributed by atoms with Gasteiger partial charge in [0, 0.05) is 17.2 Å². The monoisotopic (exact) mass is 348 g/mol. The summed E-state index contributed by atoms with van der Waals surface area (Å²) in [7, 11) is 0. The first-order valence-corrected chi connectivity index (χ1v) is 8.66. The van der Waals surface area contributed by atoms with Crippen LogP contribution in [0.4, 0.5) is 5.69 Å². The van der Waals surface area contributed by atoms with Gasteiger partial charge in [-0.25, -0.2) is 4.98 Å². The van der Waals surface area contributed by atoms with Gasteiger partial charge in [-0.05, 0) is 37.3 Å². The lowest BCUT2D eigenvalue weighted by Gasteiger charge is -2.10. The fourth-order valence-corrected chi connectivity index (χ4v) is 2.70. The number of anilines is 1. The number of aromatic nitrogens is 3. The summed E-state index contributed by atoms with van der Waals surface area (Å²) in [5.41, 5.74) is 3.45. The number of benzene rings is 2. The lowest BCUT2D eigenvalue weighted by atomic mass is 10.2. The molecule has 0 aliphatic heterocycles. The van der Waals surface area contributed by atoms with E-state index in [0.717, 1.165) is 28.2 Å². The molecule has 2 aromatic heterocycles. The number of fused-ring (bicyclic) bond motifs is 1. The second kappa shape index (κ2) is 6.63. The number of nitrogens with zero attached hydrogens (tertiary/aromatic N) is 3. The Morgan fingerprint density at radius 3 is 2.46 bits per heavy atom. The molecule has 0 unspecified atom stereocenters. The molecule has 26 heavy (non-hydrogen) atoms. The van der Waals surface area contributed by atoms with E-state index in [2.05, 4.69) is 34.3 Å². The Kier molecular flexibility index (Phi) is 4.16. The van der Waals surface area contributed by atoms with Gasteiger partial charge in [0.1, 0.15) is 11.6 Å². The lowest BCUT2D eigenvalue weighted by molar-refractivity contribution is 0.485. The molecule has 0 aliphatic carbocycles. The molecule has 2 aromatic carbocycles. The van der Waals surface area contributed by atoms with Gasteiger partial charge in [0.2, 0.25) is 11.8 Å². The minimum Gasteiger partial charge on any atom is -0.440 e. The molecular formula is C20H20N4O2. The van der Waals surface area contributed by atoms with Gasteiger partial charge in [-0.3, -0.25) is 0 Å². The van der Waals surface area contributed by atoms with Gasteiger partial charge in [-0.2, -0.15) is 0 Å². The highest BCUT2D eigenvalue weighted by Crippen LogP contribution is 2.27. The van der Waals surface area contributed by atoms with E-state index in [-0.39, 0.29) is 12.0 Å². The summed E-state index contributed by atoms with van der Waals surface area (Å²) < 4.78 is 11.6. The van der Waals surface area contributed by atoms with Gasteiger partial charge in [-0.15, -0.1) is 10.2 Å². The van der Waals surface area contributed by atoms with Gasteiger partial charge in [0.05, 0.1) is 0 Å². The van der Waals surface area contributed by atoms with Crippen molar-refractivity contribution in [3.8, 4) is 11.5 Å². The normalized spacial score (nSPS) is 12.6. The fraction of sp³-hybridized carbons (Fsp3) is 0.250. The van der Waals surface area contributed by atoms with Crippen LogP contribution in [0.3, 0.4) is 0 Å². The minimum absolute atomic E-state index is 0.131. The van der Waals surface area contributed by atoms with Crippen LogP contribution in [0.25, 0.3) is 22.6 Å². The zero-order chi connectivity index (χ0) is 18.1. The molecule has 132 valence electrons. The van der Waals surface area contributed by atoms with Gasteiger partial charge in [0.25, 0.3) is 0 Å². The summed E-state index contributed by atoms with van der Waals surface area (Å²) in [6.45, 7) is 6.10. The van der Waals surface area contributed by atoms with E-state index in [1.165, 1.54) is 0 Å². The second-order valence-corrected chi connectivity index (χ2v) is 6.57. The molecule has 6 nitrogen and oxygen atoms in total. The average Bonchev–Trinajstić information content (AvgIpc) is 3.29. The van der Waals surface area contributed by atoms with Crippen LogP contribution in [0.2, 0.25) is 0 Å². The smallest absolute Gasteiger partial charge is 0.247 e. The molecule has 0 saturated heterocycles. The summed E-state index contributed by atoms with van der Waals surface area (Å²) in [5, 5.41) is 11.7. The van der Waals surface area contributed by atoms with Crippen molar-refractivity contribution in [1.82, 2.24) is 15.2 Å². The summed E-state index contributed by atoms with van der Waals surface area (Å²) in [6, 6.07) is 15.5. The molecule has 0 saturated carbocycles. The quantitative estimate of drug-likeness (QED) is 0.536. The molecular weight excluding hydrogens is 328 g/mol. The van der Waals surface area contributed by atoms with E-state index >= 15 is 0 Å². The molecule has 0 radical (unpaired) electrons. The molecule has 0 spiro atoms. The summed E-state index contributed by atoms with van der Waals surface area (Å²) >= 11 is 0. The highest BCUT2D eigenvalue weighted by Gasteiger charge is 2.16. The van der Waals surface area contributed by atoms with E-state index in [1.54, 1.807) is 0 Å². The Morgan fingerprint density at radius 2 is 1.69 bits per heavy atom. The van der Waals surface area contributed by atoms with Crippen molar-refractivity contribution in [2.24, 2.45) is 0 Å². The average molecular weight is 348 g/mol. The van der Waals surface area contributed by atoms with E-state index < -0.39 is 0 Å². The van der Waals surface area contributed by atoms with Crippen LogP contribution in [-0.2, 0) is 0 Å². The van der Waals surface area contributed by atoms with Crippen LogP contribution in [-0.4, -0.2) is 15.2 Å². The predicted molar refractivity (Wildman–Crippen MR) is 99.9 cm³/mol. The van der Waals surface area contributed by atoms with Crippen LogP contribution < -0.4 is 5.32 Å². The van der Waals surface area contributed by atoms with Gasteiger partial charge < -0.3 is 14.2 Å². The standard InChI is InChI=1S/C20H20N4O2/c1-12(2)18-22-16-11-15(9-10-17(16)25-18)21-13(3)19-23-24-20(26-19)14-7-5-4-6-8-14/h4-13,21H,1-3H3/t13-/m0/s1. The molecule has 1 atom stereocenters. The number of rotatable bonds is 5. The second-order valence-electron chi connectivity index (χ2n) is 6.57. The van der Waals surface area contributed by atoms with Crippen LogP contribution >= 0.6 is 0 Å². The Balaban J connectivity index is 1.53.